The van der Waals surface area contributed by atoms with Crippen LogP contribution in [0.2, 0.25) is 0 Å². The maximum absolute atomic E-state index is 11.2. The summed E-state index contributed by atoms with van der Waals surface area (Å²) in [6, 6.07) is 4.96. The molecule has 0 saturated carbocycles. The molecule has 0 aromatic heterocycles. The quantitative estimate of drug-likeness (QED) is 0.693. The normalized spacial score (nSPS) is 11.0. The predicted octanol–water partition coefficient (Wildman–Crippen LogP) is 2.10. The maximum atomic E-state index is 11.2. The Morgan fingerprint density at radius 1 is 1.36 bits per heavy atom. The van der Waals surface area contributed by atoms with E-state index in [1.165, 1.54) is 6.07 Å². The van der Waals surface area contributed by atoms with Gasteiger partial charge in [0.2, 0.25) is 0 Å². The molecule has 0 amide bonds. The van der Waals surface area contributed by atoms with Gasteiger partial charge in [-0.1, -0.05) is 6.07 Å². The Morgan fingerprint density at radius 2 is 1.93 bits per heavy atom. The van der Waals surface area contributed by atoms with Crippen molar-refractivity contribution >= 4 is 19.7 Å². The summed E-state index contributed by atoms with van der Waals surface area (Å²) in [5, 5.41) is 8.72. The van der Waals surface area contributed by atoms with Gasteiger partial charge >= 0.3 is 0 Å². The molecular formula is C9H8ClNO2S. The van der Waals surface area contributed by atoms with E-state index in [2.05, 4.69) is 0 Å². The monoisotopic (exact) mass is 229 g/mol. The molecule has 0 saturated heterocycles. The number of hydrogen-bond donors (Lipinski definition) is 0. The summed E-state index contributed by atoms with van der Waals surface area (Å²) in [6.45, 7) is 3.40. The molecule has 14 heavy (non-hydrogen) atoms. The van der Waals surface area contributed by atoms with Crippen LogP contribution in [-0.4, -0.2) is 8.42 Å². The van der Waals surface area contributed by atoms with Crippen molar-refractivity contribution in [2.45, 2.75) is 18.7 Å². The Balaban J connectivity index is 3.72. The van der Waals surface area contributed by atoms with Crippen molar-refractivity contribution in [1.82, 2.24) is 0 Å². The van der Waals surface area contributed by atoms with Crippen LogP contribution in [0.25, 0.3) is 0 Å². The molecule has 0 aliphatic heterocycles. The van der Waals surface area contributed by atoms with Crippen LogP contribution >= 0.6 is 10.7 Å². The fraction of sp³-hybridized carbons (Fsp3) is 0.222. The lowest BCUT2D eigenvalue weighted by Gasteiger charge is -2.06. The zero-order valence-electron chi connectivity index (χ0n) is 7.70. The van der Waals surface area contributed by atoms with Crippen molar-refractivity contribution in [3.8, 4) is 6.07 Å². The Labute approximate surface area is 87.4 Å². The Morgan fingerprint density at radius 3 is 2.36 bits per heavy atom. The van der Waals surface area contributed by atoms with E-state index < -0.39 is 9.05 Å². The van der Waals surface area contributed by atoms with E-state index in [4.69, 9.17) is 15.9 Å². The summed E-state index contributed by atoms with van der Waals surface area (Å²) in [4.78, 5) is -0.0818. The highest BCUT2D eigenvalue weighted by Crippen LogP contribution is 2.25. The fourth-order valence-electron chi connectivity index (χ4n) is 1.19. The summed E-state index contributed by atoms with van der Waals surface area (Å²) in [7, 11) is 1.39. The molecular weight excluding hydrogens is 222 g/mol. The average Bonchev–Trinajstić information content (AvgIpc) is 2.07. The molecule has 5 heteroatoms. The summed E-state index contributed by atoms with van der Waals surface area (Å²) < 4.78 is 22.4. The van der Waals surface area contributed by atoms with Crippen LogP contribution in [0.1, 0.15) is 16.7 Å². The molecule has 0 N–H and O–H groups in total. The number of benzene rings is 1. The molecule has 0 aliphatic rings. The van der Waals surface area contributed by atoms with Crippen molar-refractivity contribution < 1.29 is 8.42 Å². The van der Waals surface area contributed by atoms with Gasteiger partial charge in [0, 0.05) is 10.7 Å². The van der Waals surface area contributed by atoms with Gasteiger partial charge in [0.05, 0.1) is 5.56 Å². The van der Waals surface area contributed by atoms with Gasteiger partial charge in [0.25, 0.3) is 9.05 Å². The third kappa shape index (κ3) is 1.89. The van der Waals surface area contributed by atoms with Crippen LogP contribution in [0.5, 0.6) is 0 Å². The van der Waals surface area contributed by atoms with E-state index in [0.717, 1.165) is 5.56 Å². The zero-order valence-corrected chi connectivity index (χ0v) is 9.28. The van der Waals surface area contributed by atoms with Gasteiger partial charge in [-0.05, 0) is 31.0 Å². The Hall–Kier alpha value is -1.05. The van der Waals surface area contributed by atoms with E-state index >= 15 is 0 Å². The van der Waals surface area contributed by atoms with Crippen LogP contribution in [0.4, 0.5) is 0 Å². The van der Waals surface area contributed by atoms with E-state index in [-0.39, 0.29) is 10.5 Å². The van der Waals surface area contributed by atoms with Gasteiger partial charge in [-0.3, -0.25) is 0 Å². The summed E-state index contributed by atoms with van der Waals surface area (Å²) in [6.07, 6.45) is 0. The molecule has 0 aliphatic carbocycles. The number of hydrogen-bond acceptors (Lipinski definition) is 3. The summed E-state index contributed by atoms with van der Waals surface area (Å²) >= 11 is 0. The zero-order chi connectivity index (χ0) is 10.9. The first kappa shape index (κ1) is 11.0. The highest BCUT2D eigenvalue weighted by Gasteiger charge is 2.19. The number of rotatable bonds is 1. The molecule has 1 aromatic rings. The number of aryl methyl sites for hydroxylation is 1. The number of nitrogens with zero attached hydrogens (tertiary/aromatic N) is 1. The van der Waals surface area contributed by atoms with E-state index in [1.807, 2.05) is 0 Å². The smallest absolute Gasteiger partial charge is 0.207 e. The molecule has 0 fully saturated rings. The van der Waals surface area contributed by atoms with E-state index in [0.29, 0.717) is 5.56 Å². The molecule has 0 unspecified atom stereocenters. The van der Waals surface area contributed by atoms with E-state index in [1.54, 1.807) is 26.0 Å². The lowest BCUT2D eigenvalue weighted by atomic mass is 10.1. The van der Waals surface area contributed by atoms with E-state index in [9.17, 15) is 8.42 Å². The van der Waals surface area contributed by atoms with Gasteiger partial charge in [-0.15, -0.1) is 0 Å². The molecule has 1 rings (SSSR count). The van der Waals surface area contributed by atoms with Crippen LogP contribution in [0.3, 0.4) is 0 Å². The first-order chi connectivity index (χ1) is 6.38. The molecule has 0 heterocycles. The average molecular weight is 230 g/mol. The highest BCUT2D eigenvalue weighted by molar-refractivity contribution is 8.13. The Kier molecular flexibility index (Phi) is 2.84. The van der Waals surface area contributed by atoms with Gasteiger partial charge in [0.15, 0.2) is 0 Å². The first-order valence-corrected chi connectivity index (χ1v) is 6.14. The molecule has 0 bridgehead atoms. The van der Waals surface area contributed by atoms with Gasteiger partial charge in [0.1, 0.15) is 11.0 Å². The molecule has 0 atom stereocenters. The molecule has 1 aromatic carbocycles. The number of halogens is 1. The minimum Gasteiger partial charge on any atom is -0.207 e. The van der Waals surface area contributed by atoms with Crippen molar-refractivity contribution in [2.24, 2.45) is 0 Å². The van der Waals surface area contributed by atoms with Crippen LogP contribution < -0.4 is 0 Å². The van der Waals surface area contributed by atoms with Crippen LogP contribution in [0, 0.1) is 25.2 Å². The molecule has 0 spiro atoms. The SMILES string of the molecule is Cc1ccc(C#N)c(S(=O)(=O)Cl)c1C. The lowest BCUT2D eigenvalue weighted by Crippen LogP contribution is -2.00. The third-order valence-electron chi connectivity index (χ3n) is 2.04. The van der Waals surface area contributed by atoms with Gasteiger partial charge < -0.3 is 0 Å². The topological polar surface area (TPSA) is 57.9 Å². The standard InChI is InChI=1S/C9H8ClNO2S/c1-6-3-4-8(5-11)9(7(6)2)14(10,12)13/h3-4H,1-2H3. The van der Waals surface area contributed by atoms with Crippen molar-refractivity contribution in [3.63, 3.8) is 0 Å². The Bertz CT molecular complexity index is 514. The maximum Gasteiger partial charge on any atom is 0.262 e. The third-order valence-corrected chi connectivity index (χ3v) is 3.52. The molecule has 3 nitrogen and oxygen atoms in total. The van der Waals surface area contributed by atoms with Crippen molar-refractivity contribution in [3.05, 3.63) is 28.8 Å². The van der Waals surface area contributed by atoms with Crippen LogP contribution in [0.15, 0.2) is 17.0 Å². The highest BCUT2D eigenvalue weighted by atomic mass is 35.7. The second kappa shape index (κ2) is 3.60. The molecule has 74 valence electrons. The fourth-order valence-corrected chi connectivity index (χ4v) is 2.69. The largest absolute Gasteiger partial charge is 0.262 e. The second-order valence-corrected chi connectivity index (χ2v) is 5.44. The van der Waals surface area contributed by atoms with Gasteiger partial charge in [-0.2, -0.15) is 5.26 Å². The van der Waals surface area contributed by atoms with Gasteiger partial charge in [-0.25, -0.2) is 8.42 Å². The van der Waals surface area contributed by atoms with Crippen molar-refractivity contribution in [2.75, 3.05) is 0 Å². The lowest BCUT2D eigenvalue weighted by molar-refractivity contribution is 0.608. The summed E-state index contributed by atoms with van der Waals surface area (Å²) in [5.41, 5.74) is 1.41. The summed E-state index contributed by atoms with van der Waals surface area (Å²) in [5.74, 6) is 0. The predicted molar refractivity (Wildman–Crippen MR) is 53.7 cm³/mol. The first-order valence-electron chi connectivity index (χ1n) is 3.83. The second-order valence-electron chi connectivity index (χ2n) is 2.93. The molecule has 0 radical (unpaired) electrons. The van der Waals surface area contributed by atoms with Crippen LogP contribution in [-0.2, 0) is 9.05 Å². The van der Waals surface area contributed by atoms with Crippen molar-refractivity contribution in [1.29, 1.82) is 5.26 Å². The number of nitriles is 1. The minimum atomic E-state index is -3.85. The minimum absolute atomic E-state index is 0.0818.